The molecule has 0 spiro atoms. The first-order chi connectivity index (χ1) is 9.52. The number of nitrogens with zero attached hydrogens (tertiary/aromatic N) is 1. The second-order valence-electron chi connectivity index (χ2n) is 5.31. The lowest BCUT2D eigenvalue weighted by atomic mass is 10.1. The minimum absolute atomic E-state index is 0.0741. The summed E-state index contributed by atoms with van der Waals surface area (Å²) in [5.74, 6) is 6.95. The molecular weight excluding hydrogens is 290 g/mol. The molecule has 1 aliphatic rings. The van der Waals surface area contributed by atoms with Gasteiger partial charge in [-0.1, -0.05) is 11.8 Å². The number of hydrogen-bond acceptors (Lipinski definition) is 4. The van der Waals surface area contributed by atoms with E-state index < -0.39 is 0 Å². The molecule has 2 heterocycles. The van der Waals surface area contributed by atoms with Gasteiger partial charge < -0.3 is 10.0 Å². The van der Waals surface area contributed by atoms with Gasteiger partial charge in [-0.05, 0) is 19.9 Å². The number of hydrogen-bond donors (Lipinski definition) is 1. The highest BCUT2D eigenvalue weighted by Crippen LogP contribution is 2.30. The topological polar surface area (TPSA) is 40.5 Å². The standard InChI is InChI=1S/C15H19NO2S2/c1-15(2)11-16(6-8-20-15)14(18)12-9-13(19-10-12)5-3-4-7-17/h9-10,17H,4,6-8,11H2,1-2H3. The Balaban J connectivity index is 2.05. The summed E-state index contributed by atoms with van der Waals surface area (Å²) in [5.41, 5.74) is 0.728. The molecule has 0 unspecified atom stereocenters. The van der Waals surface area contributed by atoms with Crippen LogP contribution in [0.3, 0.4) is 0 Å². The zero-order chi connectivity index (χ0) is 14.6. The predicted octanol–water partition coefficient (Wildman–Crippen LogP) is 2.45. The van der Waals surface area contributed by atoms with Gasteiger partial charge in [0.25, 0.3) is 5.91 Å². The van der Waals surface area contributed by atoms with E-state index in [2.05, 4.69) is 25.7 Å². The molecule has 5 heteroatoms. The van der Waals surface area contributed by atoms with Gasteiger partial charge in [-0.15, -0.1) is 11.3 Å². The van der Waals surface area contributed by atoms with Gasteiger partial charge in [0.2, 0.25) is 0 Å². The molecule has 20 heavy (non-hydrogen) atoms. The summed E-state index contributed by atoms with van der Waals surface area (Å²) in [6.45, 7) is 6.03. The van der Waals surface area contributed by atoms with E-state index >= 15 is 0 Å². The molecule has 1 saturated heterocycles. The van der Waals surface area contributed by atoms with Gasteiger partial charge in [-0.2, -0.15) is 11.8 Å². The molecule has 0 saturated carbocycles. The zero-order valence-corrected chi connectivity index (χ0v) is 13.4. The van der Waals surface area contributed by atoms with Gasteiger partial charge in [0.1, 0.15) is 0 Å². The molecule has 3 nitrogen and oxygen atoms in total. The monoisotopic (exact) mass is 309 g/mol. The Morgan fingerprint density at radius 2 is 2.35 bits per heavy atom. The van der Waals surface area contributed by atoms with Crippen molar-refractivity contribution >= 4 is 29.0 Å². The van der Waals surface area contributed by atoms with Crippen LogP contribution in [0.15, 0.2) is 11.4 Å². The molecule has 0 atom stereocenters. The van der Waals surface area contributed by atoms with E-state index in [4.69, 9.17) is 5.11 Å². The van der Waals surface area contributed by atoms with Gasteiger partial charge in [-0.25, -0.2) is 0 Å². The maximum atomic E-state index is 12.5. The van der Waals surface area contributed by atoms with Crippen molar-refractivity contribution in [2.75, 3.05) is 25.4 Å². The van der Waals surface area contributed by atoms with E-state index in [1.807, 2.05) is 28.1 Å². The number of carbonyl (C=O) groups is 1. The molecule has 1 fully saturated rings. The van der Waals surface area contributed by atoms with Crippen molar-refractivity contribution in [2.45, 2.75) is 25.0 Å². The first-order valence-corrected chi connectivity index (χ1v) is 8.50. The highest BCUT2D eigenvalue weighted by atomic mass is 32.2. The van der Waals surface area contributed by atoms with Crippen molar-refractivity contribution in [3.63, 3.8) is 0 Å². The third kappa shape index (κ3) is 4.02. The summed E-state index contributed by atoms with van der Waals surface area (Å²) in [6, 6.07) is 1.85. The fourth-order valence-corrected chi connectivity index (χ4v) is 3.95. The third-order valence-corrected chi connectivity index (χ3v) is 5.15. The fraction of sp³-hybridized carbons (Fsp3) is 0.533. The Labute approximate surface area is 128 Å². The maximum absolute atomic E-state index is 12.5. The van der Waals surface area contributed by atoms with Crippen molar-refractivity contribution in [2.24, 2.45) is 0 Å². The molecule has 2 rings (SSSR count). The van der Waals surface area contributed by atoms with Crippen molar-refractivity contribution < 1.29 is 9.90 Å². The average Bonchev–Trinajstić information content (AvgIpc) is 2.86. The maximum Gasteiger partial charge on any atom is 0.254 e. The van der Waals surface area contributed by atoms with Crippen LogP contribution in [0.4, 0.5) is 0 Å². The van der Waals surface area contributed by atoms with Crippen molar-refractivity contribution in [1.82, 2.24) is 4.90 Å². The number of thiophene rings is 1. The van der Waals surface area contributed by atoms with E-state index in [0.717, 1.165) is 29.3 Å². The largest absolute Gasteiger partial charge is 0.395 e. The van der Waals surface area contributed by atoms with Crippen molar-refractivity contribution in [3.05, 3.63) is 21.9 Å². The lowest BCUT2D eigenvalue weighted by molar-refractivity contribution is 0.0748. The highest BCUT2D eigenvalue weighted by Gasteiger charge is 2.30. The minimum atomic E-state index is 0.0741. The lowest BCUT2D eigenvalue weighted by Gasteiger charge is -2.37. The smallest absolute Gasteiger partial charge is 0.254 e. The first-order valence-electron chi connectivity index (χ1n) is 6.63. The van der Waals surface area contributed by atoms with E-state index in [0.29, 0.717) is 6.42 Å². The number of rotatable bonds is 2. The zero-order valence-electron chi connectivity index (χ0n) is 11.8. The predicted molar refractivity (Wildman–Crippen MR) is 85.3 cm³/mol. The van der Waals surface area contributed by atoms with Gasteiger partial charge in [0.05, 0.1) is 17.0 Å². The average molecular weight is 309 g/mol. The first kappa shape index (κ1) is 15.4. The molecular formula is C15H19NO2S2. The van der Waals surface area contributed by atoms with Crippen LogP contribution in [0.25, 0.3) is 0 Å². The van der Waals surface area contributed by atoms with Crippen molar-refractivity contribution in [1.29, 1.82) is 0 Å². The van der Waals surface area contributed by atoms with E-state index in [-0.39, 0.29) is 17.3 Å². The summed E-state index contributed by atoms with van der Waals surface area (Å²) in [6.07, 6.45) is 0.471. The van der Waals surface area contributed by atoms with Gasteiger partial charge in [-0.3, -0.25) is 4.79 Å². The fourth-order valence-electron chi connectivity index (χ4n) is 2.09. The van der Waals surface area contributed by atoms with E-state index in [1.54, 1.807) is 0 Å². The Morgan fingerprint density at radius 1 is 1.55 bits per heavy atom. The van der Waals surface area contributed by atoms with Crippen LogP contribution in [0, 0.1) is 11.8 Å². The molecule has 0 aliphatic carbocycles. The van der Waals surface area contributed by atoms with Crippen molar-refractivity contribution in [3.8, 4) is 11.8 Å². The summed E-state index contributed by atoms with van der Waals surface area (Å²) in [4.78, 5) is 15.3. The summed E-state index contributed by atoms with van der Waals surface area (Å²) < 4.78 is 0.133. The van der Waals surface area contributed by atoms with Crippen LogP contribution in [0.5, 0.6) is 0 Å². The molecule has 1 aliphatic heterocycles. The van der Waals surface area contributed by atoms with Crippen LogP contribution in [0.1, 0.15) is 35.5 Å². The van der Waals surface area contributed by atoms with Crippen LogP contribution < -0.4 is 0 Å². The Kier molecular flexibility index (Phi) is 5.14. The number of carbonyl (C=O) groups excluding carboxylic acids is 1. The normalized spacial score (nSPS) is 17.4. The Hall–Kier alpha value is -0.960. The third-order valence-electron chi connectivity index (χ3n) is 3.01. The summed E-state index contributed by atoms with van der Waals surface area (Å²) in [7, 11) is 0. The SMILES string of the molecule is CC1(C)CN(C(=O)c2csc(C#CCCO)c2)CCS1. The van der Waals surface area contributed by atoms with Gasteiger partial charge >= 0.3 is 0 Å². The summed E-state index contributed by atoms with van der Waals surface area (Å²) in [5, 5.41) is 10.6. The number of amides is 1. The Morgan fingerprint density at radius 3 is 3.05 bits per heavy atom. The highest BCUT2D eigenvalue weighted by molar-refractivity contribution is 8.00. The van der Waals surface area contributed by atoms with Gasteiger partial charge in [0.15, 0.2) is 0 Å². The number of aliphatic hydroxyl groups is 1. The lowest BCUT2D eigenvalue weighted by Crippen LogP contribution is -2.46. The molecule has 1 aromatic rings. The second kappa shape index (κ2) is 6.66. The van der Waals surface area contributed by atoms with E-state index in [1.165, 1.54) is 11.3 Å². The molecule has 0 aromatic carbocycles. The van der Waals surface area contributed by atoms with Crippen LogP contribution in [-0.4, -0.2) is 46.1 Å². The van der Waals surface area contributed by atoms with Crippen LogP contribution in [-0.2, 0) is 0 Å². The molecule has 108 valence electrons. The summed E-state index contributed by atoms with van der Waals surface area (Å²) >= 11 is 3.40. The second-order valence-corrected chi connectivity index (χ2v) is 8.02. The van der Waals surface area contributed by atoms with Gasteiger partial charge in [0, 0.05) is 35.4 Å². The Bertz CT molecular complexity index is 540. The van der Waals surface area contributed by atoms with E-state index in [9.17, 15) is 4.79 Å². The number of aliphatic hydroxyl groups excluding tert-OH is 1. The quantitative estimate of drug-likeness (QED) is 0.853. The minimum Gasteiger partial charge on any atom is -0.395 e. The molecule has 1 aromatic heterocycles. The molecule has 1 N–H and O–H groups in total. The van der Waals surface area contributed by atoms with Crippen LogP contribution in [0.2, 0.25) is 0 Å². The molecule has 1 amide bonds. The number of thioether (sulfide) groups is 1. The molecule has 0 bridgehead atoms. The van der Waals surface area contributed by atoms with Crippen LogP contribution >= 0.6 is 23.1 Å². The molecule has 0 radical (unpaired) electrons.